The van der Waals surface area contributed by atoms with Gasteiger partial charge in [0.1, 0.15) is 11.6 Å². The fraction of sp³-hybridized carbons (Fsp3) is 0.429. The van der Waals surface area contributed by atoms with Crippen LogP contribution in [0.25, 0.3) is 6.08 Å². The zero-order valence-corrected chi connectivity index (χ0v) is 9.42. The molecular weight excluding hydrogens is 203 g/mol. The number of hydrogen-bond acceptors (Lipinski definition) is 1. The van der Waals surface area contributed by atoms with Crippen molar-refractivity contribution in [2.24, 2.45) is 5.92 Å². The molecule has 0 N–H and O–H groups in total. The zero-order chi connectivity index (χ0) is 11.4. The van der Waals surface area contributed by atoms with Gasteiger partial charge in [-0.3, -0.25) is 0 Å². The van der Waals surface area contributed by atoms with Crippen LogP contribution in [0.5, 0.6) is 5.75 Å². The fourth-order valence-electron chi connectivity index (χ4n) is 2.19. The van der Waals surface area contributed by atoms with E-state index in [1.165, 1.54) is 37.8 Å². The molecule has 86 valence electrons. The van der Waals surface area contributed by atoms with Gasteiger partial charge in [0.2, 0.25) is 0 Å². The third-order valence-corrected chi connectivity index (χ3v) is 3.14. The van der Waals surface area contributed by atoms with Gasteiger partial charge in [-0.2, -0.15) is 0 Å². The van der Waals surface area contributed by atoms with Crippen LogP contribution in [0.1, 0.15) is 31.2 Å². The second kappa shape index (κ2) is 5.15. The molecule has 1 fully saturated rings. The van der Waals surface area contributed by atoms with E-state index in [0.717, 1.165) is 17.9 Å². The minimum absolute atomic E-state index is 0.247. The van der Waals surface area contributed by atoms with Gasteiger partial charge in [0, 0.05) is 5.56 Å². The minimum atomic E-state index is -0.247. The molecule has 0 saturated heterocycles. The molecule has 1 saturated carbocycles. The van der Waals surface area contributed by atoms with Crippen molar-refractivity contribution in [3.63, 3.8) is 0 Å². The van der Waals surface area contributed by atoms with Crippen LogP contribution in [0.4, 0.5) is 4.39 Å². The summed E-state index contributed by atoms with van der Waals surface area (Å²) in [6.07, 6.45) is 6.76. The molecular formula is C14H17FO. The summed E-state index contributed by atoms with van der Waals surface area (Å²) in [5.41, 5.74) is 0.734. The number of halogens is 1. The molecule has 2 rings (SSSR count). The molecule has 1 aromatic carbocycles. The van der Waals surface area contributed by atoms with Gasteiger partial charge >= 0.3 is 0 Å². The molecule has 2 heteroatoms. The largest absolute Gasteiger partial charge is 0.493 e. The van der Waals surface area contributed by atoms with Crippen LogP contribution in [0.2, 0.25) is 0 Å². The Morgan fingerprint density at radius 1 is 1.38 bits per heavy atom. The lowest BCUT2D eigenvalue weighted by Gasteiger charge is -2.13. The molecule has 0 heterocycles. The second-order valence-corrected chi connectivity index (χ2v) is 4.35. The van der Waals surface area contributed by atoms with Crippen molar-refractivity contribution in [2.45, 2.75) is 25.7 Å². The molecule has 1 aromatic rings. The van der Waals surface area contributed by atoms with Crippen molar-refractivity contribution in [3.8, 4) is 5.75 Å². The molecule has 0 unspecified atom stereocenters. The van der Waals surface area contributed by atoms with Crippen LogP contribution in [-0.2, 0) is 0 Å². The van der Waals surface area contributed by atoms with E-state index in [-0.39, 0.29) is 5.82 Å². The van der Waals surface area contributed by atoms with Crippen LogP contribution in [0, 0.1) is 11.7 Å². The Hall–Kier alpha value is -1.31. The predicted octanol–water partition coefficient (Wildman–Crippen LogP) is 4.04. The van der Waals surface area contributed by atoms with Crippen LogP contribution < -0.4 is 4.74 Å². The van der Waals surface area contributed by atoms with Crippen molar-refractivity contribution in [2.75, 3.05) is 6.61 Å². The van der Waals surface area contributed by atoms with E-state index < -0.39 is 0 Å². The zero-order valence-electron chi connectivity index (χ0n) is 9.42. The smallest absolute Gasteiger partial charge is 0.126 e. The number of rotatable bonds is 4. The Bertz CT molecular complexity index is 367. The molecule has 1 aliphatic rings. The van der Waals surface area contributed by atoms with Crippen LogP contribution in [0.3, 0.4) is 0 Å². The van der Waals surface area contributed by atoms with Crippen LogP contribution >= 0.6 is 0 Å². The third kappa shape index (κ3) is 2.63. The van der Waals surface area contributed by atoms with Crippen molar-refractivity contribution in [3.05, 3.63) is 36.2 Å². The standard InChI is InChI=1S/C14H17FO/c1-2-12-9-13(15)7-8-14(12)16-10-11-5-3-4-6-11/h2,7-9,11H,1,3-6,10H2. The molecule has 0 amide bonds. The van der Waals surface area contributed by atoms with Crippen molar-refractivity contribution < 1.29 is 9.13 Å². The van der Waals surface area contributed by atoms with Gasteiger partial charge < -0.3 is 4.74 Å². The topological polar surface area (TPSA) is 9.23 Å². The Morgan fingerprint density at radius 2 is 2.12 bits per heavy atom. The maximum atomic E-state index is 13.0. The average Bonchev–Trinajstić information content (AvgIpc) is 2.80. The summed E-state index contributed by atoms with van der Waals surface area (Å²) in [6.45, 7) is 4.41. The fourth-order valence-corrected chi connectivity index (χ4v) is 2.19. The SMILES string of the molecule is C=Cc1cc(F)ccc1OCC1CCCC1. The number of hydrogen-bond donors (Lipinski definition) is 0. The van der Waals surface area contributed by atoms with Crippen LogP contribution in [0.15, 0.2) is 24.8 Å². The highest BCUT2D eigenvalue weighted by molar-refractivity contribution is 5.55. The highest BCUT2D eigenvalue weighted by atomic mass is 19.1. The summed E-state index contributed by atoms with van der Waals surface area (Å²) in [7, 11) is 0. The van der Waals surface area contributed by atoms with Gasteiger partial charge in [0.25, 0.3) is 0 Å². The van der Waals surface area contributed by atoms with Gasteiger partial charge in [-0.1, -0.05) is 25.5 Å². The van der Waals surface area contributed by atoms with Gasteiger partial charge in [-0.25, -0.2) is 4.39 Å². The highest BCUT2D eigenvalue weighted by Gasteiger charge is 2.16. The summed E-state index contributed by atoms with van der Waals surface area (Å²) >= 11 is 0. The highest BCUT2D eigenvalue weighted by Crippen LogP contribution is 2.27. The molecule has 0 atom stereocenters. The molecule has 0 spiro atoms. The van der Waals surface area contributed by atoms with Gasteiger partial charge in [0.15, 0.2) is 0 Å². The van der Waals surface area contributed by atoms with E-state index in [2.05, 4.69) is 6.58 Å². The molecule has 1 aliphatic carbocycles. The van der Waals surface area contributed by atoms with E-state index >= 15 is 0 Å². The van der Waals surface area contributed by atoms with E-state index in [4.69, 9.17) is 4.74 Å². The first-order valence-corrected chi connectivity index (χ1v) is 5.84. The second-order valence-electron chi connectivity index (χ2n) is 4.35. The maximum Gasteiger partial charge on any atom is 0.126 e. The van der Waals surface area contributed by atoms with E-state index in [1.54, 1.807) is 12.1 Å². The summed E-state index contributed by atoms with van der Waals surface area (Å²) < 4.78 is 18.7. The normalized spacial score (nSPS) is 16.3. The maximum absolute atomic E-state index is 13.0. The molecule has 1 nitrogen and oxygen atoms in total. The Labute approximate surface area is 95.9 Å². The predicted molar refractivity (Wildman–Crippen MR) is 63.9 cm³/mol. The van der Waals surface area contributed by atoms with Gasteiger partial charge in [0.05, 0.1) is 6.61 Å². The number of benzene rings is 1. The summed E-state index contributed by atoms with van der Waals surface area (Å²) in [5, 5.41) is 0. The molecule has 0 aromatic heterocycles. The average molecular weight is 220 g/mol. The first kappa shape index (κ1) is 11.2. The Kier molecular flexibility index (Phi) is 3.60. The monoisotopic (exact) mass is 220 g/mol. The van der Waals surface area contributed by atoms with Crippen LogP contribution in [-0.4, -0.2) is 6.61 Å². The van der Waals surface area contributed by atoms with Gasteiger partial charge in [-0.05, 0) is 37.0 Å². The third-order valence-electron chi connectivity index (χ3n) is 3.14. The molecule has 0 bridgehead atoms. The molecule has 16 heavy (non-hydrogen) atoms. The van der Waals surface area contributed by atoms with E-state index in [9.17, 15) is 4.39 Å². The minimum Gasteiger partial charge on any atom is -0.493 e. The van der Waals surface area contributed by atoms with Crippen molar-refractivity contribution in [1.29, 1.82) is 0 Å². The quantitative estimate of drug-likeness (QED) is 0.744. The molecule has 0 radical (unpaired) electrons. The first-order valence-electron chi connectivity index (χ1n) is 5.84. The first-order chi connectivity index (χ1) is 7.79. The lowest BCUT2D eigenvalue weighted by molar-refractivity contribution is 0.251. The van der Waals surface area contributed by atoms with Crippen molar-refractivity contribution >= 4 is 6.08 Å². The Balaban J connectivity index is 1.99. The lowest BCUT2D eigenvalue weighted by Crippen LogP contribution is -2.08. The summed E-state index contributed by atoms with van der Waals surface area (Å²) in [5.74, 6) is 1.16. The Morgan fingerprint density at radius 3 is 2.81 bits per heavy atom. The van der Waals surface area contributed by atoms with E-state index in [0.29, 0.717) is 5.92 Å². The van der Waals surface area contributed by atoms with Gasteiger partial charge in [-0.15, -0.1) is 0 Å². The molecule has 0 aliphatic heterocycles. The summed E-state index contributed by atoms with van der Waals surface area (Å²) in [4.78, 5) is 0. The lowest BCUT2D eigenvalue weighted by atomic mass is 10.1. The van der Waals surface area contributed by atoms with E-state index in [1.807, 2.05) is 0 Å². The summed E-state index contributed by atoms with van der Waals surface area (Å²) in [6, 6.07) is 4.56. The van der Waals surface area contributed by atoms with Crippen molar-refractivity contribution in [1.82, 2.24) is 0 Å². The number of ether oxygens (including phenoxy) is 1.